The van der Waals surface area contributed by atoms with Crippen molar-refractivity contribution >= 4 is 65.6 Å². The molecule has 1 amide bonds. The molecule has 4 rings (SSSR count). The van der Waals surface area contributed by atoms with Crippen LogP contribution in [0.25, 0.3) is 10.2 Å². The maximum atomic E-state index is 13.9. The lowest BCUT2D eigenvalue weighted by atomic mass is 10.1. The molecule has 1 fully saturated rings. The van der Waals surface area contributed by atoms with Gasteiger partial charge in [-0.1, -0.05) is 35.1 Å². The standard InChI is InChI=1S/C23H29ClN4O3S3/c1-15-8-9-16(2)21-20(15)25-23(33-21)27(13-6-12-26(3)4)22(29)17-7-5-14-28(17)34(30,31)19-11-10-18(24)32-19/h8-11,17H,5-7,12-14H2,1-4H3. The van der Waals surface area contributed by atoms with E-state index in [-0.39, 0.29) is 10.1 Å². The molecule has 0 saturated carbocycles. The number of hydrogen-bond donors (Lipinski definition) is 0. The fourth-order valence-corrected chi connectivity index (χ4v) is 8.62. The molecule has 0 spiro atoms. The van der Waals surface area contributed by atoms with E-state index in [0.717, 1.165) is 45.6 Å². The first-order valence-corrected chi connectivity index (χ1v) is 14.6. The Labute approximate surface area is 214 Å². The van der Waals surface area contributed by atoms with E-state index in [9.17, 15) is 13.2 Å². The lowest BCUT2D eigenvalue weighted by Gasteiger charge is -2.28. The summed E-state index contributed by atoms with van der Waals surface area (Å²) in [6, 6.07) is 6.44. The first-order chi connectivity index (χ1) is 16.1. The molecule has 2 aromatic heterocycles. The second-order valence-electron chi connectivity index (χ2n) is 8.85. The lowest BCUT2D eigenvalue weighted by Crippen LogP contribution is -2.48. The lowest BCUT2D eigenvalue weighted by molar-refractivity contribution is -0.121. The normalized spacial score (nSPS) is 17.2. The molecule has 1 aliphatic heterocycles. The molecule has 1 aromatic carbocycles. The maximum absolute atomic E-state index is 13.9. The van der Waals surface area contributed by atoms with E-state index >= 15 is 0 Å². The van der Waals surface area contributed by atoms with E-state index in [1.165, 1.54) is 21.7 Å². The molecule has 0 radical (unpaired) electrons. The van der Waals surface area contributed by atoms with Crippen LogP contribution in [0.4, 0.5) is 5.13 Å². The Kier molecular flexibility index (Phi) is 7.66. The van der Waals surface area contributed by atoms with E-state index in [2.05, 4.69) is 11.0 Å². The minimum atomic E-state index is -3.81. The van der Waals surface area contributed by atoms with Crippen LogP contribution >= 0.6 is 34.3 Å². The highest BCUT2D eigenvalue weighted by atomic mass is 35.5. The van der Waals surface area contributed by atoms with Gasteiger partial charge in [0.1, 0.15) is 10.3 Å². The fourth-order valence-electron chi connectivity index (χ4n) is 4.22. The van der Waals surface area contributed by atoms with Gasteiger partial charge in [0.15, 0.2) is 5.13 Å². The molecule has 34 heavy (non-hydrogen) atoms. The molecule has 0 N–H and O–H groups in total. The first-order valence-electron chi connectivity index (χ1n) is 11.2. The van der Waals surface area contributed by atoms with Crippen LogP contribution in [0.1, 0.15) is 30.4 Å². The highest BCUT2D eigenvalue weighted by Gasteiger charge is 2.42. The monoisotopic (exact) mass is 540 g/mol. The zero-order valence-corrected chi connectivity index (χ0v) is 23.0. The van der Waals surface area contributed by atoms with Crippen LogP contribution in [0.2, 0.25) is 4.34 Å². The number of thiophene rings is 1. The second-order valence-corrected chi connectivity index (χ2v) is 13.7. The number of benzene rings is 1. The van der Waals surface area contributed by atoms with Gasteiger partial charge in [0.2, 0.25) is 5.91 Å². The van der Waals surface area contributed by atoms with Crippen LogP contribution in [0.15, 0.2) is 28.5 Å². The van der Waals surface area contributed by atoms with Crippen molar-refractivity contribution in [2.75, 3.05) is 38.6 Å². The number of anilines is 1. The number of rotatable bonds is 8. The summed E-state index contributed by atoms with van der Waals surface area (Å²) in [5.41, 5.74) is 3.07. The number of aromatic nitrogens is 1. The molecule has 3 aromatic rings. The predicted molar refractivity (Wildman–Crippen MR) is 141 cm³/mol. The SMILES string of the molecule is Cc1ccc(C)c2sc(N(CCCN(C)C)C(=O)C3CCCN3S(=O)(=O)c3ccc(Cl)s3)nc12. The molecule has 3 heterocycles. The predicted octanol–water partition coefficient (Wildman–Crippen LogP) is 4.77. The summed E-state index contributed by atoms with van der Waals surface area (Å²) >= 11 is 8.51. The number of nitrogens with zero attached hydrogens (tertiary/aromatic N) is 4. The molecule has 11 heteroatoms. The number of carbonyl (C=O) groups is 1. The fraction of sp³-hybridized carbons (Fsp3) is 0.478. The third-order valence-corrected chi connectivity index (χ3v) is 10.8. The molecular formula is C23H29ClN4O3S3. The third kappa shape index (κ3) is 5.03. The highest BCUT2D eigenvalue weighted by Crippen LogP contribution is 2.36. The molecule has 1 aliphatic rings. The van der Waals surface area contributed by atoms with Crippen molar-refractivity contribution in [1.82, 2.24) is 14.2 Å². The Balaban J connectivity index is 1.69. The summed E-state index contributed by atoms with van der Waals surface area (Å²) in [5, 5.41) is 0.625. The average molecular weight is 541 g/mol. The number of aryl methyl sites for hydroxylation is 2. The molecule has 184 valence electrons. The topological polar surface area (TPSA) is 73.8 Å². The van der Waals surface area contributed by atoms with Gasteiger partial charge in [-0.25, -0.2) is 13.4 Å². The minimum absolute atomic E-state index is 0.169. The Morgan fingerprint density at radius 1 is 1.15 bits per heavy atom. The average Bonchev–Trinajstić information content (AvgIpc) is 3.53. The van der Waals surface area contributed by atoms with Crippen LogP contribution in [0.3, 0.4) is 0 Å². The van der Waals surface area contributed by atoms with Gasteiger partial charge in [-0.05, 0) is 77.0 Å². The van der Waals surface area contributed by atoms with E-state index in [0.29, 0.717) is 35.4 Å². The van der Waals surface area contributed by atoms with Gasteiger partial charge in [-0.2, -0.15) is 4.31 Å². The number of amides is 1. The summed E-state index contributed by atoms with van der Waals surface area (Å²) in [7, 11) is 0.183. The number of fused-ring (bicyclic) bond motifs is 1. The van der Waals surface area contributed by atoms with Gasteiger partial charge in [-0.3, -0.25) is 9.69 Å². The van der Waals surface area contributed by atoms with Gasteiger partial charge in [0.25, 0.3) is 10.0 Å². The van der Waals surface area contributed by atoms with Crippen molar-refractivity contribution < 1.29 is 13.2 Å². The maximum Gasteiger partial charge on any atom is 0.253 e. The molecule has 1 saturated heterocycles. The molecule has 7 nitrogen and oxygen atoms in total. The zero-order chi connectivity index (χ0) is 24.6. The Morgan fingerprint density at radius 2 is 1.88 bits per heavy atom. The van der Waals surface area contributed by atoms with Gasteiger partial charge in [-0.15, -0.1) is 11.3 Å². The number of carbonyl (C=O) groups excluding carboxylic acids is 1. The first kappa shape index (κ1) is 25.5. The number of halogens is 1. The van der Waals surface area contributed by atoms with E-state index in [1.54, 1.807) is 11.0 Å². The summed E-state index contributed by atoms with van der Waals surface area (Å²) in [6.07, 6.45) is 1.88. The highest BCUT2D eigenvalue weighted by molar-refractivity contribution is 7.91. The van der Waals surface area contributed by atoms with Crippen molar-refractivity contribution in [1.29, 1.82) is 0 Å². The molecule has 0 aliphatic carbocycles. The number of thiazole rings is 1. The van der Waals surface area contributed by atoms with Crippen LogP contribution < -0.4 is 4.90 Å². The van der Waals surface area contributed by atoms with E-state index in [4.69, 9.17) is 16.6 Å². The van der Waals surface area contributed by atoms with Crippen molar-refractivity contribution in [2.24, 2.45) is 0 Å². The second kappa shape index (κ2) is 10.2. The van der Waals surface area contributed by atoms with Crippen molar-refractivity contribution in [2.45, 2.75) is 43.4 Å². The molecule has 1 unspecified atom stereocenters. The van der Waals surface area contributed by atoms with Crippen LogP contribution in [-0.4, -0.2) is 68.3 Å². The molecule has 1 atom stereocenters. The van der Waals surface area contributed by atoms with E-state index in [1.807, 2.05) is 34.0 Å². The van der Waals surface area contributed by atoms with Gasteiger partial charge in [0.05, 0.1) is 14.6 Å². The zero-order valence-electron chi connectivity index (χ0n) is 19.7. The minimum Gasteiger partial charge on any atom is -0.309 e. The van der Waals surface area contributed by atoms with Crippen molar-refractivity contribution in [3.63, 3.8) is 0 Å². The van der Waals surface area contributed by atoms with Crippen molar-refractivity contribution in [3.05, 3.63) is 39.7 Å². The smallest absolute Gasteiger partial charge is 0.253 e. The Bertz CT molecular complexity index is 1260. The van der Waals surface area contributed by atoms with Gasteiger partial charge >= 0.3 is 0 Å². The van der Waals surface area contributed by atoms with Gasteiger partial charge < -0.3 is 4.90 Å². The Morgan fingerprint density at radius 3 is 2.53 bits per heavy atom. The summed E-state index contributed by atoms with van der Waals surface area (Å²) < 4.78 is 29.7. The van der Waals surface area contributed by atoms with Crippen LogP contribution in [0.5, 0.6) is 0 Å². The number of sulfonamides is 1. The van der Waals surface area contributed by atoms with Gasteiger partial charge in [0, 0.05) is 13.1 Å². The molecule has 0 bridgehead atoms. The quantitative estimate of drug-likeness (QED) is 0.411. The molecular weight excluding hydrogens is 512 g/mol. The van der Waals surface area contributed by atoms with E-state index < -0.39 is 16.1 Å². The Hall–Kier alpha value is -1.56. The third-order valence-electron chi connectivity index (χ3n) is 6.02. The van der Waals surface area contributed by atoms with Crippen LogP contribution in [0, 0.1) is 13.8 Å². The summed E-state index contributed by atoms with van der Waals surface area (Å²) in [5.74, 6) is -0.211. The largest absolute Gasteiger partial charge is 0.309 e. The summed E-state index contributed by atoms with van der Waals surface area (Å²) in [4.78, 5) is 22.5. The summed E-state index contributed by atoms with van der Waals surface area (Å²) in [6.45, 7) is 5.66. The number of hydrogen-bond acceptors (Lipinski definition) is 7. The van der Waals surface area contributed by atoms with Crippen molar-refractivity contribution in [3.8, 4) is 0 Å². The van der Waals surface area contributed by atoms with Crippen LogP contribution in [-0.2, 0) is 14.8 Å².